The summed E-state index contributed by atoms with van der Waals surface area (Å²) in [6, 6.07) is 17.9. The molecule has 1 aliphatic heterocycles. The maximum Gasteiger partial charge on any atom is 0.266 e. The highest BCUT2D eigenvalue weighted by Crippen LogP contribution is 2.30. The van der Waals surface area contributed by atoms with Crippen LogP contribution >= 0.6 is 23.2 Å². The van der Waals surface area contributed by atoms with Crippen LogP contribution in [0.4, 0.5) is 11.4 Å². The number of hydrogen-bond acceptors (Lipinski definition) is 3. The van der Waals surface area contributed by atoms with Crippen molar-refractivity contribution in [3.05, 3.63) is 93.5 Å². The van der Waals surface area contributed by atoms with Crippen molar-refractivity contribution in [2.75, 3.05) is 10.2 Å². The molecular formula is C21H12Cl2N2O3. The van der Waals surface area contributed by atoms with E-state index in [1.54, 1.807) is 66.7 Å². The lowest BCUT2D eigenvalue weighted by Crippen LogP contribution is -2.29. The molecule has 3 aromatic rings. The standard InChI is InChI=1S/C21H12Cl2N2O3/c22-17-10-4-9-16(18(17)23)19(26)24-12-5-3-6-13(11-12)25-20(27)14-7-1-2-8-15(14)21(25)28/h1-11H,(H,24,26). The first kappa shape index (κ1) is 18.2. The normalized spacial score (nSPS) is 12.9. The average Bonchev–Trinajstić information content (AvgIpc) is 2.95. The highest BCUT2D eigenvalue weighted by molar-refractivity contribution is 6.44. The molecule has 0 aliphatic carbocycles. The third-order valence-corrected chi connectivity index (χ3v) is 5.17. The van der Waals surface area contributed by atoms with E-state index in [0.717, 1.165) is 4.90 Å². The third-order valence-electron chi connectivity index (χ3n) is 4.35. The van der Waals surface area contributed by atoms with Gasteiger partial charge in [-0.1, -0.05) is 47.5 Å². The van der Waals surface area contributed by atoms with Gasteiger partial charge in [0, 0.05) is 5.69 Å². The highest BCUT2D eigenvalue weighted by Gasteiger charge is 2.36. The number of nitrogens with zero attached hydrogens (tertiary/aromatic N) is 1. The first-order valence-electron chi connectivity index (χ1n) is 8.30. The van der Waals surface area contributed by atoms with Crippen LogP contribution in [0.3, 0.4) is 0 Å². The predicted octanol–water partition coefficient (Wildman–Crippen LogP) is 5.05. The van der Waals surface area contributed by atoms with Crippen LogP contribution in [0.2, 0.25) is 10.0 Å². The zero-order chi connectivity index (χ0) is 19.8. The van der Waals surface area contributed by atoms with Gasteiger partial charge in [-0.15, -0.1) is 0 Å². The summed E-state index contributed by atoms with van der Waals surface area (Å²) in [6.45, 7) is 0. The molecule has 138 valence electrons. The number of amides is 3. The van der Waals surface area contributed by atoms with Gasteiger partial charge >= 0.3 is 0 Å². The molecular weight excluding hydrogens is 399 g/mol. The molecule has 5 nitrogen and oxygen atoms in total. The largest absolute Gasteiger partial charge is 0.322 e. The maximum absolute atomic E-state index is 12.6. The molecule has 1 aliphatic rings. The second-order valence-corrected chi connectivity index (χ2v) is 6.88. The van der Waals surface area contributed by atoms with E-state index in [1.165, 1.54) is 0 Å². The summed E-state index contributed by atoms with van der Waals surface area (Å²) in [4.78, 5) is 38.9. The number of benzene rings is 3. The van der Waals surface area contributed by atoms with E-state index in [0.29, 0.717) is 22.5 Å². The maximum atomic E-state index is 12.6. The Bertz CT molecular complexity index is 1110. The van der Waals surface area contributed by atoms with Gasteiger partial charge in [0.2, 0.25) is 0 Å². The number of carbonyl (C=O) groups excluding carboxylic acids is 3. The van der Waals surface area contributed by atoms with E-state index in [9.17, 15) is 14.4 Å². The first-order valence-corrected chi connectivity index (χ1v) is 9.06. The molecule has 28 heavy (non-hydrogen) atoms. The molecule has 0 fully saturated rings. The van der Waals surface area contributed by atoms with Crippen LogP contribution in [0.25, 0.3) is 0 Å². The molecule has 0 atom stereocenters. The lowest BCUT2D eigenvalue weighted by molar-refractivity contribution is 0.0925. The van der Waals surface area contributed by atoms with Gasteiger partial charge < -0.3 is 5.32 Å². The van der Waals surface area contributed by atoms with Gasteiger partial charge in [0.1, 0.15) is 0 Å². The number of hydrogen-bond donors (Lipinski definition) is 1. The Balaban J connectivity index is 1.63. The Kier molecular flexibility index (Phi) is 4.63. The van der Waals surface area contributed by atoms with Crippen LogP contribution in [0.15, 0.2) is 66.7 Å². The summed E-state index contributed by atoms with van der Waals surface area (Å²) in [5.74, 6) is -1.25. The van der Waals surface area contributed by atoms with E-state index in [4.69, 9.17) is 23.2 Å². The van der Waals surface area contributed by atoms with Gasteiger partial charge in [-0.3, -0.25) is 14.4 Å². The molecule has 3 amide bonds. The minimum Gasteiger partial charge on any atom is -0.322 e. The van der Waals surface area contributed by atoms with Crippen LogP contribution in [0.5, 0.6) is 0 Å². The molecule has 4 rings (SSSR count). The molecule has 0 saturated heterocycles. The second kappa shape index (κ2) is 7.11. The smallest absolute Gasteiger partial charge is 0.266 e. The van der Waals surface area contributed by atoms with E-state index in [-0.39, 0.29) is 15.6 Å². The van der Waals surface area contributed by atoms with Crippen molar-refractivity contribution in [1.29, 1.82) is 0 Å². The van der Waals surface area contributed by atoms with Crippen LogP contribution < -0.4 is 10.2 Å². The molecule has 7 heteroatoms. The summed E-state index contributed by atoms with van der Waals surface area (Å²) in [5, 5.41) is 3.13. The molecule has 0 bridgehead atoms. The average molecular weight is 411 g/mol. The fraction of sp³-hybridized carbons (Fsp3) is 0. The molecule has 3 aromatic carbocycles. The minimum absolute atomic E-state index is 0.151. The number of fused-ring (bicyclic) bond motifs is 1. The van der Waals surface area contributed by atoms with Gasteiger partial charge in [0.05, 0.1) is 32.4 Å². The molecule has 1 heterocycles. The number of carbonyl (C=O) groups is 3. The van der Waals surface area contributed by atoms with Crippen molar-refractivity contribution in [2.45, 2.75) is 0 Å². The minimum atomic E-state index is -0.452. The fourth-order valence-electron chi connectivity index (χ4n) is 3.02. The van der Waals surface area contributed by atoms with E-state index in [1.807, 2.05) is 0 Å². The fourth-order valence-corrected chi connectivity index (χ4v) is 3.41. The highest BCUT2D eigenvalue weighted by atomic mass is 35.5. The lowest BCUT2D eigenvalue weighted by Gasteiger charge is -2.15. The number of rotatable bonds is 3. The van der Waals surface area contributed by atoms with Gasteiger partial charge in [-0.2, -0.15) is 0 Å². The Hall–Kier alpha value is -3.15. The summed E-state index contributed by atoms with van der Waals surface area (Å²) < 4.78 is 0. The summed E-state index contributed by atoms with van der Waals surface area (Å²) >= 11 is 12.0. The van der Waals surface area contributed by atoms with Crippen molar-refractivity contribution < 1.29 is 14.4 Å². The number of nitrogens with one attached hydrogen (secondary N) is 1. The second-order valence-electron chi connectivity index (χ2n) is 6.10. The van der Waals surface area contributed by atoms with E-state index in [2.05, 4.69) is 5.32 Å². The SMILES string of the molecule is O=C(Nc1cccc(N2C(=O)c3ccccc3C2=O)c1)c1cccc(Cl)c1Cl. The number of halogens is 2. The molecule has 0 aromatic heterocycles. The van der Waals surface area contributed by atoms with Crippen LogP contribution in [-0.2, 0) is 0 Å². The van der Waals surface area contributed by atoms with Crippen LogP contribution in [0, 0.1) is 0 Å². The topological polar surface area (TPSA) is 66.5 Å². The van der Waals surface area contributed by atoms with E-state index >= 15 is 0 Å². The van der Waals surface area contributed by atoms with Crippen molar-refractivity contribution in [1.82, 2.24) is 0 Å². The number of imide groups is 1. The zero-order valence-corrected chi connectivity index (χ0v) is 15.8. The molecule has 1 N–H and O–H groups in total. The monoisotopic (exact) mass is 410 g/mol. The zero-order valence-electron chi connectivity index (χ0n) is 14.3. The van der Waals surface area contributed by atoms with Crippen molar-refractivity contribution >= 4 is 52.3 Å². The predicted molar refractivity (Wildman–Crippen MR) is 108 cm³/mol. The van der Waals surface area contributed by atoms with E-state index < -0.39 is 17.7 Å². The summed E-state index contributed by atoms with van der Waals surface area (Å²) in [6.07, 6.45) is 0. The Morgan fingerprint density at radius 1 is 0.821 bits per heavy atom. The van der Waals surface area contributed by atoms with Crippen LogP contribution in [0.1, 0.15) is 31.1 Å². The van der Waals surface area contributed by atoms with Crippen LogP contribution in [-0.4, -0.2) is 17.7 Å². The van der Waals surface area contributed by atoms with Crippen molar-refractivity contribution in [3.8, 4) is 0 Å². The molecule has 0 spiro atoms. The van der Waals surface area contributed by atoms with Gasteiger partial charge in [0.25, 0.3) is 17.7 Å². The third kappa shape index (κ3) is 3.05. The first-order chi connectivity index (χ1) is 13.5. The Labute approximate surface area is 170 Å². The Morgan fingerprint density at radius 3 is 2.14 bits per heavy atom. The molecule has 0 unspecified atom stereocenters. The summed E-state index contributed by atoms with van der Waals surface area (Å²) in [5.41, 5.74) is 1.71. The van der Waals surface area contributed by atoms with Crippen molar-refractivity contribution in [3.63, 3.8) is 0 Å². The lowest BCUT2D eigenvalue weighted by atomic mass is 10.1. The van der Waals surface area contributed by atoms with Gasteiger partial charge in [-0.05, 0) is 42.5 Å². The van der Waals surface area contributed by atoms with Gasteiger partial charge in [0.15, 0.2) is 0 Å². The summed E-state index contributed by atoms with van der Waals surface area (Å²) in [7, 11) is 0. The molecule has 0 radical (unpaired) electrons. The van der Waals surface area contributed by atoms with Crippen molar-refractivity contribution in [2.24, 2.45) is 0 Å². The number of anilines is 2. The quantitative estimate of drug-likeness (QED) is 0.614. The van der Waals surface area contributed by atoms with Gasteiger partial charge in [-0.25, -0.2) is 4.90 Å². The molecule has 0 saturated carbocycles. The Morgan fingerprint density at radius 2 is 1.46 bits per heavy atom.